The molecule has 0 aromatic heterocycles. The first kappa shape index (κ1) is 15.5. The van der Waals surface area contributed by atoms with Crippen LogP contribution in [0.15, 0.2) is 24.3 Å². The van der Waals surface area contributed by atoms with E-state index in [-0.39, 0.29) is 11.2 Å². The Labute approximate surface area is 113 Å². The van der Waals surface area contributed by atoms with Gasteiger partial charge >= 0.3 is 5.97 Å². The van der Waals surface area contributed by atoms with Crippen molar-refractivity contribution in [2.45, 2.75) is 19.4 Å². The summed E-state index contributed by atoms with van der Waals surface area (Å²) >= 11 is 0. The van der Waals surface area contributed by atoms with Crippen molar-refractivity contribution in [3.8, 4) is 5.75 Å². The Balaban J connectivity index is 2.24. The third kappa shape index (κ3) is 5.72. The number of hydrogen-bond acceptors (Lipinski definition) is 4. The smallest absolute Gasteiger partial charge is 0.335 e. The largest absolute Gasteiger partial charge is 0.492 e. The van der Waals surface area contributed by atoms with Crippen molar-refractivity contribution in [2.24, 2.45) is 0 Å². The van der Waals surface area contributed by atoms with Gasteiger partial charge in [0.2, 0.25) is 0 Å². The van der Waals surface area contributed by atoms with E-state index in [2.05, 4.69) is 5.32 Å². The van der Waals surface area contributed by atoms with Crippen molar-refractivity contribution < 1.29 is 19.4 Å². The van der Waals surface area contributed by atoms with E-state index >= 15 is 0 Å². The maximum absolute atomic E-state index is 10.7. The average molecular weight is 267 g/mol. The zero-order valence-corrected chi connectivity index (χ0v) is 11.6. The van der Waals surface area contributed by atoms with Crippen LogP contribution >= 0.6 is 0 Å². The van der Waals surface area contributed by atoms with Gasteiger partial charge in [-0.3, -0.25) is 0 Å². The van der Waals surface area contributed by atoms with Crippen molar-refractivity contribution in [1.29, 1.82) is 0 Å². The lowest BCUT2D eigenvalue weighted by atomic mass is 10.1. The number of carboxylic acid groups (broad SMARTS) is 1. The molecule has 0 spiro atoms. The van der Waals surface area contributed by atoms with E-state index in [0.29, 0.717) is 18.9 Å². The summed E-state index contributed by atoms with van der Waals surface area (Å²) in [4.78, 5) is 10.7. The van der Waals surface area contributed by atoms with Gasteiger partial charge in [0.05, 0.1) is 11.2 Å². The van der Waals surface area contributed by atoms with E-state index in [0.717, 1.165) is 6.54 Å². The molecule has 0 saturated carbocycles. The minimum Gasteiger partial charge on any atom is -0.492 e. The predicted molar refractivity (Wildman–Crippen MR) is 72.9 cm³/mol. The van der Waals surface area contributed by atoms with E-state index in [4.69, 9.17) is 14.6 Å². The molecule has 0 radical (unpaired) electrons. The molecule has 0 unspecified atom stereocenters. The first-order chi connectivity index (χ1) is 8.94. The van der Waals surface area contributed by atoms with Gasteiger partial charge in [-0.05, 0) is 38.1 Å². The number of hydrogen-bond donors (Lipinski definition) is 2. The van der Waals surface area contributed by atoms with Crippen LogP contribution in [0.5, 0.6) is 5.75 Å². The molecular formula is C14H21NO4. The summed E-state index contributed by atoms with van der Waals surface area (Å²) in [5.41, 5.74) is 0.0654. The molecule has 1 aromatic carbocycles. The summed E-state index contributed by atoms with van der Waals surface area (Å²) in [5.74, 6) is -0.271. The molecule has 0 saturated heterocycles. The maximum Gasteiger partial charge on any atom is 0.335 e. The van der Waals surface area contributed by atoms with Gasteiger partial charge in [-0.15, -0.1) is 0 Å². The van der Waals surface area contributed by atoms with Crippen molar-refractivity contribution in [1.82, 2.24) is 5.32 Å². The van der Waals surface area contributed by atoms with Crippen LogP contribution in [0.3, 0.4) is 0 Å². The number of rotatable bonds is 8. The number of benzene rings is 1. The lowest BCUT2D eigenvalue weighted by Gasteiger charge is -2.23. The van der Waals surface area contributed by atoms with Gasteiger partial charge in [0.25, 0.3) is 0 Å². The second-order valence-corrected chi connectivity index (χ2v) is 4.82. The Morgan fingerprint density at radius 2 is 1.95 bits per heavy atom. The third-order valence-corrected chi connectivity index (χ3v) is 2.75. The van der Waals surface area contributed by atoms with Crippen LogP contribution in [0.4, 0.5) is 0 Å². The molecule has 1 rings (SSSR count). The van der Waals surface area contributed by atoms with Gasteiger partial charge in [-0.1, -0.05) is 0 Å². The van der Waals surface area contributed by atoms with Gasteiger partial charge in [0.1, 0.15) is 12.4 Å². The second-order valence-electron chi connectivity index (χ2n) is 4.82. The Kier molecular flexibility index (Phi) is 5.79. The molecule has 0 atom stereocenters. The fourth-order valence-corrected chi connectivity index (χ4v) is 1.40. The molecule has 5 heteroatoms. The highest BCUT2D eigenvalue weighted by molar-refractivity contribution is 5.87. The van der Waals surface area contributed by atoms with Crippen LogP contribution in [0.1, 0.15) is 24.2 Å². The Bertz CT molecular complexity index is 400. The van der Waals surface area contributed by atoms with Gasteiger partial charge in [-0.25, -0.2) is 4.79 Å². The highest BCUT2D eigenvalue weighted by Gasteiger charge is 2.14. The number of carbonyl (C=O) groups is 1. The van der Waals surface area contributed by atoms with E-state index in [1.54, 1.807) is 19.2 Å². The van der Waals surface area contributed by atoms with Crippen LogP contribution < -0.4 is 10.1 Å². The summed E-state index contributed by atoms with van der Waals surface area (Å²) in [6, 6.07) is 6.36. The lowest BCUT2D eigenvalue weighted by molar-refractivity contribution is 0.0229. The molecule has 0 fully saturated rings. The van der Waals surface area contributed by atoms with Crippen LogP contribution in [-0.4, -0.2) is 43.5 Å². The number of ether oxygens (including phenoxy) is 2. The van der Waals surface area contributed by atoms with Gasteiger partial charge in [-0.2, -0.15) is 0 Å². The highest BCUT2D eigenvalue weighted by atomic mass is 16.5. The lowest BCUT2D eigenvalue weighted by Crippen LogP contribution is -2.38. The fraction of sp³-hybridized carbons (Fsp3) is 0.500. The van der Waals surface area contributed by atoms with E-state index in [1.807, 2.05) is 13.8 Å². The van der Waals surface area contributed by atoms with E-state index in [1.165, 1.54) is 12.1 Å². The molecule has 106 valence electrons. The molecular weight excluding hydrogens is 246 g/mol. The first-order valence-corrected chi connectivity index (χ1v) is 6.16. The standard InChI is InChI=1S/C14H21NO4/c1-14(2,18-3)10-15-8-9-19-12-6-4-11(5-7-12)13(16)17/h4-7,15H,8-10H2,1-3H3,(H,16,17). The van der Waals surface area contributed by atoms with Crippen molar-refractivity contribution in [3.05, 3.63) is 29.8 Å². The molecule has 19 heavy (non-hydrogen) atoms. The number of methoxy groups -OCH3 is 1. The third-order valence-electron chi connectivity index (χ3n) is 2.75. The summed E-state index contributed by atoms with van der Waals surface area (Å²) in [7, 11) is 1.68. The molecule has 2 N–H and O–H groups in total. The maximum atomic E-state index is 10.7. The van der Waals surface area contributed by atoms with E-state index in [9.17, 15) is 4.79 Å². The Hall–Kier alpha value is -1.59. The minimum absolute atomic E-state index is 0.191. The van der Waals surface area contributed by atoms with Gasteiger partial charge in [0.15, 0.2) is 0 Å². The Morgan fingerprint density at radius 1 is 1.32 bits per heavy atom. The summed E-state index contributed by atoms with van der Waals surface area (Å²) < 4.78 is 10.8. The van der Waals surface area contributed by atoms with Crippen LogP contribution in [-0.2, 0) is 4.74 Å². The highest BCUT2D eigenvalue weighted by Crippen LogP contribution is 2.11. The molecule has 1 aromatic rings. The van der Waals surface area contributed by atoms with Crippen molar-refractivity contribution in [2.75, 3.05) is 26.8 Å². The zero-order valence-electron chi connectivity index (χ0n) is 11.6. The number of nitrogens with one attached hydrogen (secondary N) is 1. The fourth-order valence-electron chi connectivity index (χ4n) is 1.40. The second kappa shape index (κ2) is 7.11. The SMILES string of the molecule is COC(C)(C)CNCCOc1ccc(C(=O)O)cc1. The van der Waals surface area contributed by atoms with Crippen molar-refractivity contribution in [3.63, 3.8) is 0 Å². The van der Waals surface area contributed by atoms with Crippen LogP contribution in [0.2, 0.25) is 0 Å². The quantitative estimate of drug-likeness (QED) is 0.703. The van der Waals surface area contributed by atoms with Gasteiger partial charge in [0, 0.05) is 20.2 Å². The molecule has 0 aliphatic heterocycles. The molecule has 0 bridgehead atoms. The molecule has 0 amide bonds. The predicted octanol–water partition coefficient (Wildman–Crippen LogP) is 1.78. The van der Waals surface area contributed by atoms with E-state index < -0.39 is 5.97 Å². The molecule has 0 heterocycles. The summed E-state index contributed by atoms with van der Waals surface area (Å²) in [5, 5.41) is 12.0. The summed E-state index contributed by atoms with van der Waals surface area (Å²) in [6.45, 7) is 5.97. The average Bonchev–Trinajstić information content (AvgIpc) is 2.39. The topological polar surface area (TPSA) is 67.8 Å². The van der Waals surface area contributed by atoms with Crippen LogP contribution in [0.25, 0.3) is 0 Å². The normalized spacial score (nSPS) is 11.3. The minimum atomic E-state index is -0.935. The van der Waals surface area contributed by atoms with Crippen molar-refractivity contribution >= 4 is 5.97 Å². The number of aromatic carboxylic acids is 1. The van der Waals surface area contributed by atoms with Gasteiger partial charge < -0.3 is 19.9 Å². The zero-order chi connectivity index (χ0) is 14.3. The molecule has 5 nitrogen and oxygen atoms in total. The number of carboxylic acids is 1. The molecule has 0 aliphatic rings. The Morgan fingerprint density at radius 3 is 2.47 bits per heavy atom. The monoisotopic (exact) mass is 267 g/mol. The van der Waals surface area contributed by atoms with Crippen LogP contribution in [0, 0.1) is 0 Å². The first-order valence-electron chi connectivity index (χ1n) is 6.16. The molecule has 0 aliphatic carbocycles. The summed E-state index contributed by atoms with van der Waals surface area (Å²) in [6.07, 6.45) is 0.